The molecule has 1 saturated heterocycles. The quantitative estimate of drug-likeness (QED) is 0.419. The van der Waals surface area contributed by atoms with Crippen LogP contribution in [0.4, 0.5) is 14.6 Å². The number of nitrogens with zero attached hydrogens (tertiary/aromatic N) is 6. The Morgan fingerprint density at radius 2 is 2.03 bits per heavy atom. The smallest absolute Gasteiger partial charge is 0.280 e. The lowest BCUT2D eigenvalue weighted by molar-refractivity contribution is 0.146. The summed E-state index contributed by atoms with van der Waals surface area (Å²) in [7, 11) is 0. The molecule has 1 aromatic carbocycles. The Kier molecular flexibility index (Phi) is 4.85. The van der Waals surface area contributed by atoms with E-state index in [9.17, 15) is 8.78 Å². The van der Waals surface area contributed by atoms with Gasteiger partial charge >= 0.3 is 0 Å². The Morgan fingerprint density at radius 3 is 2.87 bits per heavy atom. The summed E-state index contributed by atoms with van der Waals surface area (Å²) in [5.41, 5.74) is 0.452. The molecule has 30 heavy (non-hydrogen) atoms. The van der Waals surface area contributed by atoms with Gasteiger partial charge in [0.15, 0.2) is 0 Å². The summed E-state index contributed by atoms with van der Waals surface area (Å²) in [5, 5.41) is 6.42. The molecule has 1 unspecified atom stereocenters. The second-order valence-corrected chi connectivity index (χ2v) is 8.61. The number of alkyl halides is 2. The van der Waals surface area contributed by atoms with E-state index in [1.165, 1.54) is 12.4 Å². The van der Waals surface area contributed by atoms with E-state index in [2.05, 4.69) is 59.9 Å². The summed E-state index contributed by atoms with van der Waals surface area (Å²) in [6, 6.07) is 9.61. The molecule has 1 fully saturated rings. The van der Waals surface area contributed by atoms with Gasteiger partial charge in [0.2, 0.25) is 0 Å². The maximum atomic E-state index is 13.5. The van der Waals surface area contributed by atoms with Crippen molar-refractivity contribution in [2.75, 3.05) is 18.0 Å². The highest BCUT2D eigenvalue weighted by Gasteiger charge is 2.32. The third-order valence-corrected chi connectivity index (χ3v) is 6.36. The number of fused-ring (bicyclic) bond motifs is 2. The maximum Gasteiger partial charge on any atom is 0.280 e. The number of aromatic nitrogens is 5. The van der Waals surface area contributed by atoms with E-state index in [0.717, 1.165) is 34.0 Å². The molecule has 1 aliphatic heterocycles. The molecule has 0 bridgehead atoms. The zero-order chi connectivity index (χ0) is 20.8. The molecule has 4 heterocycles. The lowest BCUT2D eigenvalue weighted by Gasteiger charge is -2.38. The summed E-state index contributed by atoms with van der Waals surface area (Å²) < 4.78 is 29.5. The summed E-state index contributed by atoms with van der Waals surface area (Å²) in [6.45, 7) is 3.66. The van der Waals surface area contributed by atoms with Crippen LogP contribution in [0.3, 0.4) is 0 Å². The van der Waals surface area contributed by atoms with Crippen molar-refractivity contribution in [3.05, 3.63) is 58.7 Å². The first kappa shape index (κ1) is 19.3. The van der Waals surface area contributed by atoms with Gasteiger partial charge in [-0.05, 0) is 42.0 Å². The molecule has 4 aromatic rings. The van der Waals surface area contributed by atoms with Gasteiger partial charge in [-0.15, -0.1) is 0 Å². The van der Waals surface area contributed by atoms with Crippen LogP contribution in [-0.4, -0.2) is 37.7 Å². The fraction of sp³-hybridized carbons (Fsp3) is 0.333. The van der Waals surface area contributed by atoms with E-state index in [-0.39, 0.29) is 17.4 Å². The summed E-state index contributed by atoms with van der Waals surface area (Å²) in [5.74, 6) is 1.40. The minimum absolute atomic E-state index is 0.00680. The number of benzene rings is 1. The second kappa shape index (κ2) is 7.54. The molecule has 5 rings (SSSR count). The zero-order valence-electron chi connectivity index (χ0n) is 16.2. The first-order chi connectivity index (χ1) is 14.5. The van der Waals surface area contributed by atoms with Gasteiger partial charge in [-0.3, -0.25) is 0 Å². The highest BCUT2D eigenvalue weighted by Crippen LogP contribution is 2.37. The van der Waals surface area contributed by atoms with E-state index in [1.807, 2.05) is 18.3 Å². The van der Waals surface area contributed by atoms with Gasteiger partial charge in [-0.2, -0.15) is 10.1 Å². The van der Waals surface area contributed by atoms with Crippen LogP contribution in [0, 0.1) is 5.92 Å². The van der Waals surface area contributed by atoms with E-state index in [4.69, 9.17) is 0 Å². The number of piperidine rings is 1. The molecule has 1 aliphatic rings. The number of hydrogen-bond donors (Lipinski definition) is 0. The van der Waals surface area contributed by atoms with Crippen molar-refractivity contribution in [2.24, 2.45) is 5.92 Å². The molecule has 0 saturated carbocycles. The van der Waals surface area contributed by atoms with Gasteiger partial charge in [0.1, 0.15) is 17.8 Å². The molecule has 3 aromatic heterocycles. The lowest BCUT2D eigenvalue weighted by Crippen LogP contribution is -2.39. The van der Waals surface area contributed by atoms with Crippen LogP contribution in [0.2, 0.25) is 0 Å². The van der Waals surface area contributed by atoms with Crippen molar-refractivity contribution >= 4 is 38.3 Å². The molecule has 0 aliphatic carbocycles. The third kappa shape index (κ3) is 3.30. The van der Waals surface area contributed by atoms with Crippen LogP contribution in [0.5, 0.6) is 0 Å². The molecule has 2 atom stereocenters. The fourth-order valence-electron chi connectivity index (χ4n) is 4.25. The van der Waals surface area contributed by atoms with Crippen molar-refractivity contribution in [3.63, 3.8) is 0 Å². The molecule has 0 spiro atoms. The molecule has 0 amide bonds. The average molecular weight is 473 g/mol. The number of anilines is 1. The normalized spacial score (nSPS) is 19.8. The monoisotopic (exact) mass is 472 g/mol. The van der Waals surface area contributed by atoms with Crippen molar-refractivity contribution in [1.29, 1.82) is 0 Å². The molecule has 0 radical (unpaired) electrons. The molecule has 0 N–H and O–H groups in total. The van der Waals surface area contributed by atoms with Crippen LogP contribution < -0.4 is 4.90 Å². The Bertz CT molecular complexity index is 1230. The molecule has 154 valence electrons. The average Bonchev–Trinajstić information content (AvgIpc) is 3.22. The van der Waals surface area contributed by atoms with Crippen molar-refractivity contribution < 1.29 is 8.78 Å². The number of rotatable bonds is 3. The van der Waals surface area contributed by atoms with Gasteiger partial charge < -0.3 is 4.90 Å². The highest BCUT2D eigenvalue weighted by atomic mass is 79.9. The molecule has 9 heteroatoms. The fourth-order valence-corrected chi connectivity index (χ4v) is 4.62. The maximum absolute atomic E-state index is 13.5. The van der Waals surface area contributed by atoms with E-state index >= 15 is 0 Å². The standard InChI is InChI=1S/C21H19BrF2N6/c1-12-5-7-29(20-15-8-14(22)3-2-13(15)4-6-25-20)10-16(12)18-9-17(19(23)24)28-21-26-11-27-30(18)21/h2-4,6,8-9,11-12,16,19H,5,7,10H2,1H3/t12-,16?/m1/s1. The largest absolute Gasteiger partial charge is 0.355 e. The minimum Gasteiger partial charge on any atom is -0.355 e. The molecule has 6 nitrogen and oxygen atoms in total. The van der Waals surface area contributed by atoms with Gasteiger partial charge in [-0.1, -0.05) is 28.9 Å². The number of pyridine rings is 1. The van der Waals surface area contributed by atoms with Gasteiger partial charge in [0, 0.05) is 35.1 Å². The highest BCUT2D eigenvalue weighted by molar-refractivity contribution is 9.10. The van der Waals surface area contributed by atoms with Crippen molar-refractivity contribution in [1.82, 2.24) is 24.6 Å². The SMILES string of the molecule is C[C@@H]1CCN(c2nccc3ccc(Br)cc23)CC1c1cc(C(F)F)nc2ncnn12. The Balaban J connectivity index is 1.58. The topological polar surface area (TPSA) is 59.2 Å². The van der Waals surface area contributed by atoms with Gasteiger partial charge in [-0.25, -0.2) is 23.3 Å². The van der Waals surface area contributed by atoms with Crippen molar-refractivity contribution in [3.8, 4) is 0 Å². The third-order valence-electron chi connectivity index (χ3n) is 5.87. The Hall–Kier alpha value is -2.68. The van der Waals surface area contributed by atoms with Crippen LogP contribution in [0.25, 0.3) is 16.6 Å². The van der Waals surface area contributed by atoms with E-state index in [0.29, 0.717) is 18.2 Å². The second-order valence-electron chi connectivity index (χ2n) is 7.70. The Labute approximate surface area is 180 Å². The van der Waals surface area contributed by atoms with E-state index < -0.39 is 6.43 Å². The summed E-state index contributed by atoms with van der Waals surface area (Å²) >= 11 is 3.55. The predicted molar refractivity (Wildman–Crippen MR) is 114 cm³/mol. The van der Waals surface area contributed by atoms with E-state index in [1.54, 1.807) is 4.52 Å². The number of hydrogen-bond acceptors (Lipinski definition) is 5. The number of halogens is 3. The summed E-state index contributed by atoms with van der Waals surface area (Å²) in [4.78, 5) is 14.9. The van der Waals surface area contributed by atoms with Crippen LogP contribution in [0.1, 0.15) is 37.1 Å². The molecular formula is C21H19BrF2N6. The van der Waals surface area contributed by atoms with Gasteiger partial charge in [0.25, 0.3) is 12.2 Å². The first-order valence-electron chi connectivity index (χ1n) is 9.79. The predicted octanol–water partition coefficient (Wildman–Crippen LogP) is 5.00. The first-order valence-corrected chi connectivity index (χ1v) is 10.6. The van der Waals surface area contributed by atoms with Crippen LogP contribution in [-0.2, 0) is 0 Å². The van der Waals surface area contributed by atoms with Gasteiger partial charge in [0.05, 0.1) is 5.69 Å². The lowest BCUT2D eigenvalue weighted by atomic mass is 9.84. The summed E-state index contributed by atoms with van der Waals surface area (Å²) in [6.07, 6.45) is 1.43. The minimum atomic E-state index is -2.66. The zero-order valence-corrected chi connectivity index (χ0v) is 17.8. The van der Waals surface area contributed by atoms with Crippen LogP contribution in [0.15, 0.2) is 47.3 Å². The van der Waals surface area contributed by atoms with Crippen molar-refractivity contribution in [2.45, 2.75) is 25.7 Å². The Morgan fingerprint density at radius 1 is 1.17 bits per heavy atom. The molecular weight excluding hydrogens is 454 g/mol. The van der Waals surface area contributed by atoms with Crippen LogP contribution >= 0.6 is 15.9 Å².